The second-order valence-electron chi connectivity index (χ2n) is 28.9. The van der Waals surface area contributed by atoms with Crippen LogP contribution in [0.25, 0.3) is 0 Å². The molecule has 0 aromatic heterocycles. The van der Waals surface area contributed by atoms with Gasteiger partial charge in [-0.25, -0.2) is 9.13 Å². The number of phosphoric ester groups is 2. The number of hydrogen-bond acceptors (Lipinski definition) is 15. The molecular weight excluding hydrogens is 1230 g/mol. The van der Waals surface area contributed by atoms with Crippen molar-refractivity contribution in [1.29, 1.82) is 0 Å². The van der Waals surface area contributed by atoms with Crippen LogP contribution in [-0.4, -0.2) is 96.7 Å². The quantitative estimate of drug-likeness (QED) is 0.0222. The van der Waals surface area contributed by atoms with Gasteiger partial charge in [0.2, 0.25) is 0 Å². The van der Waals surface area contributed by atoms with Crippen LogP contribution in [0.5, 0.6) is 0 Å². The van der Waals surface area contributed by atoms with Crippen molar-refractivity contribution in [3.8, 4) is 0 Å². The maximum atomic E-state index is 13.1. The standard InChI is InChI=1S/C75H146O17P2/c1-65(2)51-43-35-27-21-17-15-13-11-9-10-12-14-16-18-23-31-41-49-57-74(79)91-70(61-85-72(77)55-47-39-30-26-25-29-37-45-53-67(5)6)63-89-93(81,82)87-59-69(76)60-88-94(83,84)90-64-71(62-86-73(78)56-48-40-34-33-38-46-54-68(7)8)92-75(80)58-50-42-32-24-20-19-22-28-36-44-52-66(3)4/h65-71,76H,9-64H2,1-8H3,(H,81,82)(H,83,84)/t69-,70-,71-/m1/s1. The Morgan fingerprint density at radius 3 is 0.660 bits per heavy atom. The summed E-state index contributed by atoms with van der Waals surface area (Å²) in [5.41, 5.74) is 0. The zero-order valence-electron chi connectivity index (χ0n) is 61.6. The number of rotatable bonds is 72. The molecule has 0 spiro atoms. The summed E-state index contributed by atoms with van der Waals surface area (Å²) in [6.45, 7) is 14.1. The van der Waals surface area contributed by atoms with Crippen LogP contribution in [0.1, 0.15) is 376 Å². The maximum Gasteiger partial charge on any atom is 0.472 e. The van der Waals surface area contributed by atoms with E-state index < -0.39 is 97.5 Å². The molecule has 0 aromatic carbocycles. The molecule has 0 aliphatic rings. The van der Waals surface area contributed by atoms with Crippen LogP contribution < -0.4 is 0 Å². The largest absolute Gasteiger partial charge is 0.472 e. The molecular formula is C75H146O17P2. The van der Waals surface area contributed by atoms with Gasteiger partial charge in [0.1, 0.15) is 19.3 Å². The maximum absolute atomic E-state index is 13.1. The van der Waals surface area contributed by atoms with Crippen molar-refractivity contribution in [1.82, 2.24) is 0 Å². The zero-order valence-corrected chi connectivity index (χ0v) is 63.4. The van der Waals surface area contributed by atoms with Crippen LogP contribution >= 0.6 is 15.6 Å². The number of hydrogen-bond donors (Lipinski definition) is 3. The lowest BCUT2D eigenvalue weighted by Gasteiger charge is -2.21. The molecule has 0 heterocycles. The lowest BCUT2D eigenvalue weighted by molar-refractivity contribution is -0.161. The first kappa shape index (κ1) is 92.1. The fourth-order valence-electron chi connectivity index (χ4n) is 11.4. The first-order valence-corrected chi connectivity index (χ1v) is 41.7. The summed E-state index contributed by atoms with van der Waals surface area (Å²) < 4.78 is 68.4. The summed E-state index contributed by atoms with van der Waals surface area (Å²) in [5.74, 6) is 0.852. The lowest BCUT2D eigenvalue weighted by Crippen LogP contribution is -2.30. The number of phosphoric acid groups is 2. The van der Waals surface area contributed by atoms with Gasteiger partial charge in [0.25, 0.3) is 0 Å². The second-order valence-corrected chi connectivity index (χ2v) is 31.9. The molecule has 0 radical (unpaired) electrons. The third kappa shape index (κ3) is 68.6. The highest BCUT2D eigenvalue weighted by Gasteiger charge is 2.30. The van der Waals surface area contributed by atoms with Crippen molar-refractivity contribution >= 4 is 39.5 Å². The highest BCUT2D eigenvalue weighted by Crippen LogP contribution is 2.45. The number of carbonyl (C=O) groups excluding carboxylic acids is 4. The predicted molar refractivity (Wildman–Crippen MR) is 381 cm³/mol. The molecule has 17 nitrogen and oxygen atoms in total. The summed E-state index contributed by atoms with van der Waals surface area (Å²) >= 11 is 0. The third-order valence-corrected chi connectivity index (χ3v) is 19.2. The number of carbonyl (C=O) groups is 4. The van der Waals surface area contributed by atoms with E-state index in [0.717, 1.165) is 114 Å². The Morgan fingerprint density at radius 1 is 0.266 bits per heavy atom. The summed E-state index contributed by atoms with van der Waals surface area (Å²) in [7, 11) is -9.91. The average Bonchev–Trinajstić information content (AvgIpc) is 2.81. The van der Waals surface area contributed by atoms with E-state index in [1.807, 2.05) is 0 Å². The van der Waals surface area contributed by atoms with Gasteiger partial charge in [-0.15, -0.1) is 0 Å². The van der Waals surface area contributed by atoms with Gasteiger partial charge in [0.05, 0.1) is 26.4 Å². The van der Waals surface area contributed by atoms with Crippen LogP contribution in [-0.2, 0) is 65.4 Å². The molecule has 0 fully saturated rings. The monoisotopic (exact) mass is 1380 g/mol. The molecule has 5 atom stereocenters. The minimum absolute atomic E-state index is 0.104. The molecule has 94 heavy (non-hydrogen) atoms. The molecule has 0 saturated heterocycles. The predicted octanol–water partition coefficient (Wildman–Crippen LogP) is 21.7. The van der Waals surface area contributed by atoms with Crippen LogP contribution in [0.4, 0.5) is 0 Å². The molecule has 0 aliphatic carbocycles. The van der Waals surface area contributed by atoms with E-state index >= 15 is 0 Å². The average molecular weight is 1380 g/mol. The molecule has 0 rings (SSSR count). The molecule has 2 unspecified atom stereocenters. The summed E-state index contributed by atoms with van der Waals surface area (Å²) in [6, 6.07) is 0. The highest BCUT2D eigenvalue weighted by atomic mass is 31.2. The van der Waals surface area contributed by atoms with Crippen LogP contribution in [0.15, 0.2) is 0 Å². The van der Waals surface area contributed by atoms with Gasteiger partial charge < -0.3 is 33.8 Å². The van der Waals surface area contributed by atoms with Gasteiger partial charge in [-0.05, 0) is 49.4 Å². The van der Waals surface area contributed by atoms with E-state index in [4.69, 9.17) is 37.0 Å². The van der Waals surface area contributed by atoms with Gasteiger partial charge in [0.15, 0.2) is 12.2 Å². The second kappa shape index (κ2) is 64.4. The van der Waals surface area contributed by atoms with Gasteiger partial charge in [-0.2, -0.15) is 0 Å². The van der Waals surface area contributed by atoms with Crippen LogP contribution in [0, 0.1) is 23.7 Å². The van der Waals surface area contributed by atoms with E-state index in [9.17, 15) is 43.2 Å². The third-order valence-electron chi connectivity index (χ3n) is 17.3. The number of unbranched alkanes of at least 4 members (excludes halogenated alkanes) is 38. The molecule has 0 amide bonds. The van der Waals surface area contributed by atoms with Gasteiger partial charge >= 0.3 is 39.5 Å². The Hall–Kier alpha value is -1.94. The van der Waals surface area contributed by atoms with E-state index in [1.165, 1.54) is 173 Å². The molecule has 3 N–H and O–H groups in total. The van der Waals surface area contributed by atoms with Crippen molar-refractivity contribution in [2.24, 2.45) is 23.7 Å². The smallest absolute Gasteiger partial charge is 0.462 e. The van der Waals surface area contributed by atoms with Crippen LogP contribution in [0.2, 0.25) is 0 Å². The molecule has 0 aliphatic heterocycles. The first-order chi connectivity index (χ1) is 45.1. The molecule has 19 heteroatoms. The van der Waals surface area contributed by atoms with Gasteiger partial charge in [-0.3, -0.25) is 37.3 Å². The van der Waals surface area contributed by atoms with Crippen molar-refractivity contribution in [2.45, 2.75) is 395 Å². The minimum Gasteiger partial charge on any atom is -0.462 e. The van der Waals surface area contributed by atoms with E-state index in [0.29, 0.717) is 31.6 Å². The van der Waals surface area contributed by atoms with E-state index in [-0.39, 0.29) is 25.7 Å². The Labute approximate surface area is 575 Å². The van der Waals surface area contributed by atoms with E-state index in [2.05, 4.69) is 55.4 Å². The summed E-state index contributed by atoms with van der Waals surface area (Å²) in [6.07, 6.45) is 48.9. The molecule has 0 aromatic rings. The minimum atomic E-state index is -4.96. The van der Waals surface area contributed by atoms with Crippen molar-refractivity contribution in [3.05, 3.63) is 0 Å². The zero-order chi connectivity index (χ0) is 69.6. The summed E-state index contributed by atoms with van der Waals surface area (Å²) in [5, 5.41) is 10.6. The van der Waals surface area contributed by atoms with Gasteiger partial charge in [0, 0.05) is 25.7 Å². The number of ether oxygens (including phenoxy) is 4. The Morgan fingerprint density at radius 2 is 0.447 bits per heavy atom. The van der Waals surface area contributed by atoms with Gasteiger partial charge in [-0.1, -0.05) is 325 Å². The fourth-order valence-corrected chi connectivity index (χ4v) is 13.0. The number of esters is 4. The number of aliphatic hydroxyl groups is 1. The Bertz CT molecular complexity index is 1850. The Kier molecular flexibility index (Phi) is 63.1. The van der Waals surface area contributed by atoms with Crippen LogP contribution in [0.3, 0.4) is 0 Å². The van der Waals surface area contributed by atoms with Crippen molar-refractivity contribution in [2.75, 3.05) is 39.6 Å². The topological polar surface area (TPSA) is 237 Å². The molecule has 0 saturated carbocycles. The fraction of sp³-hybridized carbons (Fsp3) is 0.947. The number of aliphatic hydroxyl groups excluding tert-OH is 1. The first-order valence-electron chi connectivity index (χ1n) is 38.7. The van der Waals surface area contributed by atoms with Crippen molar-refractivity contribution < 1.29 is 80.2 Å². The summed E-state index contributed by atoms with van der Waals surface area (Å²) in [4.78, 5) is 72.7. The molecule has 558 valence electrons. The Balaban J connectivity index is 5.18. The van der Waals surface area contributed by atoms with E-state index in [1.54, 1.807) is 0 Å². The lowest BCUT2D eigenvalue weighted by atomic mass is 10.0. The highest BCUT2D eigenvalue weighted by molar-refractivity contribution is 7.47. The molecule has 0 bridgehead atoms. The normalized spacial score (nSPS) is 14.2. The SMILES string of the molecule is CC(C)CCCCCCCCCCCCCCCCCCCCC(=O)O[C@H](COC(=O)CCCCCCCCCCC(C)C)COP(=O)(O)OC[C@@H](O)COP(=O)(O)OC[C@@H](COC(=O)CCCCCCCCC(C)C)OC(=O)CCCCCCCCCCCCC(C)C. The van der Waals surface area contributed by atoms with Crippen molar-refractivity contribution in [3.63, 3.8) is 0 Å².